The standard InChI is InChI=1S/C15H16ClNO3S/c1-11-9-13(7-8-15(11)20-2)21(18,19)17-10-12-5-3-4-6-14(12)16/h3-9,17H,10H2,1-2H3. The van der Waals surface area contributed by atoms with Crippen molar-refractivity contribution >= 4 is 21.6 Å². The molecular weight excluding hydrogens is 310 g/mol. The van der Waals surface area contributed by atoms with Crippen LogP contribution in [0.5, 0.6) is 5.75 Å². The van der Waals surface area contributed by atoms with E-state index in [1.807, 2.05) is 6.07 Å². The third-order valence-electron chi connectivity index (χ3n) is 3.09. The Bertz CT molecular complexity index is 744. The van der Waals surface area contributed by atoms with Crippen molar-refractivity contribution in [3.8, 4) is 5.75 Å². The van der Waals surface area contributed by atoms with Gasteiger partial charge in [-0.1, -0.05) is 29.8 Å². The van der Waals surface area contributed by atoms with Crippen molar-refractivity contribution in [2.45, 2.75) is 18.4 Å². The first-order valence-electron chi connectivity index (χ1n) is 6.32. The minimum atomic E-state index is -3.59. The van der Waals surface area contributed by atoms with E-state index in [0.29, 0.717) is 10.8 Å². The van der Waals surface area contributed by atoms with Crippen molar-refractivity contribution in [3.63, 3.8) is 0 Å². The monoisotopic (exact) mass is 325 g/mol. The zero-order valence-electron chi connectivity index (χ0n) is 11.8. The summed E-state index contributed by atoms with van der Waals surface area (Å²) in [6.07, 6.45) is 0. The Labute approximate surface area is 129 Å². The lowest BCUT2D eigenvalue weighted by atomic mass is 10.2. The molecule has 0 fully saturated rings. The molecule has 0 saturated carbocycles. The van der Waals surface area contributed by atoms with Gasteiger partial charge in [0.05, 0.1) is 12.0 Å². The predicted octanol–water partition coefficient (Wildman–Crippen LogP) is 3.14. The Kier molecular flexibility index (Phi) is 4.88. The van der Waals surface area contributed by atoms with Crippen LogP contribution < -0.4 is 9.46 Å². The van der Waals surface area contributed by atoms with E-state index in [1.54, 1.807) is 44.4 Å². The Morgan fingerprint density at radius 1 is 1.19 bits per heavy atom. The number of hydrogen-bond acceptors (Lipinski definition) is 3. The number of nitrogens with one attached hydrogen (secondary N) is 1. The number of aryl methyl sites for hydroxylation is 1. The maximum atomic E-state index is 12.3. The lowest BCUT2D eigenvalue weighted by molar-refractivity contribution is 0.411. The Balaban J connectivity index is 2.19. The molecule has 0 radical (unpaired) electrons. The molecule has 21 heavy (non-hydrogen) atoms. The molecule has 0 atom stereocenters. The highest BCUT2D eigenvalue weighted by Crippen LogP contribution is 2.22. The van der Waals surface area contributed by atoms with Crippen LogP contribution in [0.1, 0.15) is 11.1 Å². The van der Waals surface area contributed by atoms with Gasteiger partial charge in [-0.25, -0.2) is 13.1 Å². The topological polar surface area (TPSA) is 55.4 Å². The fourth-order valence-electron chi connectivity index (χ4n) is 1.92. The van der Waals surface area contributed by atoms with Gasteiger partial charge in [0.25, 0.3) is 0 Å². The summed E-state index contributed by atoms with van der Waals surface area (Å²) < 4.78 is 32.2. The average molecular weight is 326 g/mol. The molecule has 0 aliphatic rings. The number of methoxy groups -OCH3 is 1. The third-order valence-corrected chi connectivity index (χ3v) is 4.85. The molecule has 4 nitrogen and oxygen atoms in total. The molecule has 112 valence electrons. The van der Waals surface area contributed by atoms with Gasteiger partial charge < -0.3 is 4.74 Å². The minimum Gasteiger partial charge on any atom is -0.496 e. The molecule has 0 aliphatic carbocycles. The summed E-state index contributed by atoms with van der Waals surface area (Å²) in [6, 6.07) is 11.8. The summed E-state index contributed by atoms with van der Waals surface area (Å²) in [5.41, 5.74) is 1.49. The summed E-state index contributed by atoms with van der Waals surface area (Å²) in [4.78, 5) is 0.202. The molecule has 6 heteroatoms. The van der Waals surface area contributed by atoms with E-state index in [9.17, 15) is 8.42 Å². The van der Waals surface area contributed by atoms with Crippen LogP contribution in [0.4, 0.5) is 0 Å². The molecule has 0 saturated heterocycles. The molecule has 0 heterocycles. The predicted molar refractivity (Wildman–Crippen MR) is 83.2 cm³/mol. The lowest BCUT2D eigenvalue weighted by Crippen LogP contribution is -2.23. The molecule has 0 spiro atoms. The molecule has 0 unspecified atom stereocenters. The Morgan fingerprint density at radius 3 is 2.52 bits per heavy atom. The van der Waals surface area contributed by atoms with Gasteiger partial charge >= 0.3 is 0 Å². The van der Waals surface area contributed by atoms with Gasteiger partial charge in [-0.3, -0.25) is 0 Å². The highest BCUT2D eigenvalue weighted by atomic mass is 35.5. The molecule has 2 aromatic carbocycles. The van der Waals surface area contributed by atoms with Crippen LogP contribution in [0, 0.1) is 6.92 Å². The molecule has 0 aliphatic heterocycles. The largest absolute Gasteiger partial charge is 0.496 e. The maximum Gasteiger partial charge on any atom is 0.240 e. The van der Waals surface area contributed by atoms with Gasteiger partial charge in [-0.05, 0) is 42.3 Å². The molecule has 2 aromatic rings. The second-order valence-electron chi connectivity index (χ2n) is 4.55. The fraction of sp³-hybridized carbons (Fsp3) is 0.200. The first-order chi connectivity index (χ1) is 9.94. The number of hydrogen-bond donors (Lipinski definition) is 1. The van der Waals surface area contributed by atoms with E-state index < -0.39 is 10.0 Å². The summed E-state index contributed by atoms with van der Waals surface area (Å²) in [6.45, 7) is 1.94. The lowest BCUT2D eigenvalue weighted by Gasteiger charge is -2.10. The number of sulfonamides is 1. The molecule has 1 N–H and O–H groups in total. The van der Waals surface area contributed by atoms with Gasteiger partial charge in [0.1, 0.15) is 5.75 Å². The van der Waals surface area contributed by atoms with E-state index in [4.69, 9.17) is 16.3 Å². The highest BCUT2D eigenvalue weighted by molar-refractivity contribution is 7.89. The molecule has 0 bridgehead atoms. The van der Waals surface area contributed by atoms with Crippen LogP contribution in [-0.4, -0.2) is 15.5 Å². The smallest absolute Gasteiger partial charge is 0.240 e. The molecular formula is C15H16ClNO3S. The van der Waals surface area contributed by atoms with Gasteiger partial charge in [0.15, 0.2) is 0 Å². The van der Waals surface area contributed by atoms with Crippen LogP contribution in [0.25, 0.3) is 0 Å². The summed E-state index contributed by atoms with van der Waals surface area (Å²) >= 11 is 6.01. The van der Waals surface area contributed by atoms with E-state index in [-0.39, 0.29) is 11.4 Å². The van der Waals surface area contributed by atoms with Crippen LogP contribution in [0.2, 0.25) is 5.02 Å². The number of ether oxygens (including phenoxy) is 1. The highest BCUT2D eigenvalue weighted by Gasteiger charge is 2.15. The summed E-state index contributed by atoms with van der Waals surface area (Å²) in [5.74, 6) is 0.653. The van der Waals surface area contributed by atoms with Crippen molar-refractivity contribution in [2.75, 3.05) is 7.11 Å². The second kappa shape index (κ2) is 6.47. The van der Waals surface area contributed by atoms with Gasteiger partial charge in [-0.15, -0.1) is 0 Å². The van der Waals surface area contributed by atoms with E-state index in [0.717, 1.165) is 11.1 Å². The zero-order chi connectivity index (χ0) is 15.5. The minimum absolute atomic E-state index is 0.146. The average Bonchev–Trinajstić information content (AvgIpc) is 2.46. The van der Waals surface area contributed by atoms with Gasteiger partial charge in [-0.2, -0.15) is 0 Å². The van der Waals surface area contributed by atoms with Crippen molar-refractivity contribution in [1.29, 1.82) is 0 Å². The summed E-state index contributed by atoms with van der Waals surface area (Å²) in [7, 11) is -2.04. The van der Waals surface area contributed by atoms with Crippen molar-refractivity contribution in [3.05, 3.63) is 58.6 Å². The normalized spacial score (nSPS) is 11.4. The van der Waals surface area contributed by atoms with Crippen LogP contribution in [0.3, 0.4) is 0 Å². The number of rotatable bonds is 5. The maximum absolute atomic E-state index is 12.3. The van der Waals surface area contributed by atoms with Crippen LogP contribution in [-0.2, 0) is 16.6 Å². The Hall–Kier alpha value is -1.56. The van der Waals surface area contributed by atoms with E-state index >= 15 is 0 Å². The van der Waals surface area contributed by atoms with Crippen molar-refractivity contribution in [1.82, 2.24) is 4.72 Å². The quantitative estimate of drug-likeness (QED) is 0.918. The molecule has 0 amide bonds. The van der Waals surface area contributed by atoms with Gasteiger partial charge in [0, 0.05) is 11.6 Å². The number of benzene rings is 2. The van der Waals surface area contributed by atoms with Crippen molar-refractivity contribution < 1.29 is 13.2 Å². The van der Waals surface area contributed by atoms with Crippen LogP contribution >= 0.6 is 11.6 Å². The van der Waals surface area contributed by atoms with E-state index in [2.05, 4.69) is 4.72 Å². The SMILES string of the molecule is COc1ccc(S(=O)(=O)NCc2ccccc2Cl)cc1C. The zero-order valence-corrected chi connectivity index (χ0v) is 13.3. The summed E-state index contributed by atoms with van der Waals surface area (Å²) in [5, 5.41) is 0.533. The second-order valence-corrected chi connectivity index (χ2v) is 6.72. The first kappa shape index (κ1) is 15.8. The van der Waals surface area contributed by atoms with Crippen molar-refractivity contribution in [2.24, 2.45) is 0 Å². The number of halogens is 1. The van der Waals surface area contributed by atoms with Crippen LogP contribution in [0.15, 0.2) is 47.4 Å². The molecule has 2 rings (SSSR count). The first-order valence-corrected chi connectivity index (χ1v) is 8.18. The van der Waals surface area contributed by atoms with Gasteiger partial charge in [0.2, 0.25) is 10.0 Å². The van der Waals surface area contributed by atoms with E-state index in [1.165, 1.54) is 6.07 Å². The fourth-order valence-corrected chi connectivity index (χ4v) is 3.21. The molecule has 0 aromatic heterocycles. The third kappa shape index (κ3) is 3.75. The Morgan fingerprint density at radius 2 is 1.90 bits per heavy atom.